The Morgan fingerprint density at radius 1 is 0.982 bits per heavy atom. The molecule has 1 unspecified atom stereocenters. The first kappa shape index (κ1) is 42.2. The van der Waals surface area contributed by atoms with Gasteiger partial charge in [-0.25, -0.2) is 0 Å². The number of aliphatic hydroxyl groups is 1. The minimum atomic E-state index is -1.60. The highest BCUT2D eigenvalue weighted by Gasteiger charge is 2.32. The third kappa shape index (κ3) is 11.1. The number of hydrogen-bond acceptors (Lipinski definition) is 10. The molecule has 0 aliphatic carbocycles. The quantitative estimate of drug-likeness (QED) is 0.0792. The molecular weight excluding hydrogens is 757 g/mol. The van der Waals surface area contributed by atoms with E-state index in [9.17, 15) is 25.1 Å². The lowest BCUT2D eigenvalue weighted by molar-refractivity contribution is -0.146. The lowest BCUT2D eigenvalue weighted by Crippen LogP contribution is -2.52. The Kier molecular flexibility index (Phi) is 14.9. The first-order valence-electron chi connectivity index (χ1n) is 18.4. The van der Waals surface area contributed by atoms with Gasteiger partial charge in [0.1, 0.15) is 42.1 Å². The van der Waals surface area contributed by atoms with Crippen LogP contribution in [0, 0.1) is 18.3 Å². The van der Waals surface area contributed by atoms with Crippen molar-refractivity contribution in [1.82, 2.24) is 20.5 Å². The van der Waals surface area contributed by atoms with Crippen LogP contribution in [-0.4, -0.2) is 76.4 Å². The molecule has 1 aromatic heterocycles. The second-order valence-corrected chi connectivity index (χ2v) is 14.8. The monoisotopic (exact) mass is 803 g/mol. The molecule has 0 saturated carbocycles. The van der Waals surface area contributed by atoms with E-state index in [2.05, 4.69) is 26.6 Å². The van der Waals surface area contributed by atoms with Gasteiger partial charge in [-0.1, -0.05) is 53.5 Å². The average molecular weight is 805 g/mol. The number of halogens is 2. The van der Waals surface area contributed by atoms with Gasteiger partial charge in [0.25, 0.3) is 0 Å². The summed E-state index contributed by atoms with van der Waals surface area (Å²) < 4.78 is 18.6. The average Bonchev–Trinajstić information content (AvgIpc) is 3.19. The van der Waals surface area contributed by atoms with Gasteiger partial charge in [-0.2, -0.15) is 5.26 Å². The molecule has 4 aromatic rings. The second-order valence-electron chi connectivity index (χ2n) is 14.0. The highest BCUT2D eigenvalue weighted by molar-refractivity contribution is 6.35. The summed E-state index contributed by atoms with van der Waals surface area (Å²) in [6.45, 7) is 7.88. The molecule has 1 fully saturated rings. The Morgan fingerprint density at radius 2 is 1.71 bits per heavy atom. The molecule has 3 aromatic carbocycles. The predicted molar refractivity (Wildman–Crippen MR) is 214 cm³/mol. The number of carboxylic acid groups (broad SMARTS) is 1. The summed E-state index contributed by atoms with van der Waals surface area (Å²) in [6.07, 6.45) is 5.79. The Morgan fingerprint density at radius 3 is 2.43 bits per heavy atom. The van der Waals surface area contributed by atoms with E-state index in [-0.39, 0.29) is 36.7 Å². The van der Waals surface area contributed by atoms with Gasteiger partial charge in [0.2, 0.25) is 5.91 Å². The highest BCUT2D eigenvalue weighted by Crippen LogP contribution is 2.39. The van der Waals surface area contributed by atoms with Crippen molar-refractivity contribution in [3.63, 3.8) is 0 Å². The van der Waals surface area contributed by atoms with Gasteiger partial charge in [0.15, 0.2) is 0 Å². The number of carbonyl (C=O) groups is 2. The van der Waals surface area contributed by atoms with Crippen molar-refractivity contribution < 1.29 is 34.0 Å². The van der Waals surface area contributed by atoms with E-state index in [1.807, 2.05) is 43.3 Å². The van der Waals surface area contributed by atoms with Crippen molar-refractivity contribution in [2.24, 2.45) is 0 Å². The van der Waals surface area contributed by atoms with Crippen molar-refractivity contribution in [2.45, 2.75) is 71.4 Å². The number of nitriles is 1. The third-order valence-corrected chi connectivity index (χ3v) is 10.5. The summed E-state index contributed by atoms with van der Waals surface area (Å²) in [5.74, 6) is 0.128. The van der Waals surface area contributed by atoms with Crippen LogP contribution in [0.1, 0.15) is 60.9 Å². The molecular formula is C42H47Cl2N5O7. The molecule has 1 amide bonds. The van der Waals surface area contributed by atoms with E-state index in [1.54, 1.807) is 31.3 Å². The zero-order valence-electron chi connectivity index (χ0n) is 31.7. The maximum absolute atomic E-state index is 11.8. The van der Waals surface area contributed by atoms with E-state index >= 15 is 0 Å². The molecule has 1 atom stereocenters. The van der Waals surface area contributed by atoms with Crippen molar-refractivity contribution >= 4 is 35.1 Å². The van der Waals surface area contributed by atoms with E-state index in [4.69, 9.17) is 37.4 Å². The largest absolute Gasteiger partial charge is 0.492 e. The fourth-order valence-electron chi connectivity index (χ4n) is 6.41. The summed E-state index contributed by atoms with van der Waals surface area (Å²) in [5.41, 5.74) is 3.60. The number of pyridine rings is 1. The predicted octanol–water partition coefficient (Wildman–Crippen LogP) is 6.69. The number of carbonyl (C=O) groups excluding carboxylic acids is 1. The number of nitrogens with one attached hydrogen (secondary N) is 2. The Bertz CT molecular complexity index is 2050. The molecule has 56 heavy (non-hydrogen) atoms. The summed E-state index contributed by atoms with van der Waals surface area (Å²) in [7, 11) is 0. The summed E-state index contributed by atoms with van der Waals surface area (Å²) in [4.78, 5) is 29.7. The first-order valence-corrected chi connectivity index (χ1v) is 19.2. The number of nitrogens with zero attached hydrogens (tertiary/aromatic N) is 3. The molecule has 14 heteroatoms. The van der Waals surface area contributed by atoms with E-state index < -0.39 is 18.1 Å². The fourth-order valence-corrected chi connectivity index (χ4v) is 6.94. The smallest absolute Gasteiger partial charge is 0.326 e. The second kappa shape index (κ2) is 19.8. The number of aromatic nitrogens is 1. The number of rotatable bonds is 18. The van der Waals surface area contributed by atoms with Gasteiger partial charge in [0, 0.05) is 74.3 Å². The number of likely N-dealkylation sites (tertiary alicyclic amines) is 1. The zero-order valence-corrected chi connectivity index (χ0v) is 33.3. The van der Waals surface area contributed by atoms with Crippen molar-refractivity contribution in [2.75, 3.05) is 32.8 Å². The maximum Gasteiger partial charge on any atom is 0.326 e. The van der Waals surface area contributed by atoms with E-state index in [1.165, 1.54) is 13.1 Å². The van der Waals surface area contributed by atoms with Crippen molar-refractivity contribution in [1.29, 1.82) is 5.26 Å². The van der Waals surface area contributed by atoms with E-state index in [0.717, 1.165) is 61.2 Å². The van der Waals surface area contributed by atoms with Crippen LogP contribution in [0.5, 0.6) is 17.2 Å². The van der Waals surface area contributed by atoms with Crippen LogP contribution in [0.2, 0.25) is 10.0 Å². The summed E-state index contributed by atoms with van der Waals surface area (Å²) >= 11 is 13.7. The number of aliphatic carboxylic acids is 1. The van der Waals surface area contributed by atoms with E-state index in [0.29, 0.717) is 45.6 Å². The lowest BCUT2D eigenvalue weighted by Gasteiger charge is -2.32. The van der Waals surface area contributed by atoms with Gasteiger partial charge < -0.3 is 34.6 Å². The molecule has 12 nitrogen and oxygen atoms in total. The summed E-state index contributed by atoms with van der Waals surface area (Å²) in [6, 6.07) is 18.9. The number of piperidine rings is 1. The Hall–Kier alpha value is -4.90. The van der Waals surface area contributed by atoms with Crippen LogP contribution in [0.3, 0.4) is 0 Å². The molecule has 296 valence electrons. The molecule has 1 aliphatic rings. The number of ether oxygens (including phenoxy) is 3. The molecule has 0 bridgehead atoms. The minimum absolute atomic E-state index is 0.0137. The van der Waals surface area contributed by atoms with Crippen molar-refractivity contribution in [3.8, 4) is 34.4 Å². The number of aliphatic hydroxyl groups excluding tert-OH is 1. The molecule has 2 heterocycles. The first-order chi connectivity index (χ1) is 26.9. The highest BCUT2D eigenvalue weighted by atomic mass is 35.5. The van der Waals surface area contributed by atoms with Gasteiger partial charge in [0.05, 0.1) is 28.8 Å². The fraction of sp³-hybridized carbons (Fsp3) is 0.381. The van der Waals surface area contributed by atoms with Gasteiger partial charge in [-0.3, -0.25) is 19.9 Å². The number of benzene rings is 3. The van der Waals surface area contributed by atoms with Gasteiger partial charge in [-0.05, 0) is 68.0 Å². The third-order valence-electron chi connectivity index (χ3n) is 9.84. The maximum atomic E-state index is 11.8. The number of hydrogen-bond donors (Lipinski definition) is 4. The minimum Gasteiger partial charge on any atom is -0.492 e. The van der Waals surface area contributed by atoms with Crippen molar-refractivity contribution in [3.05, 3.63) is 105 Å². The molecule has 0 radical (unpaired) electrons. The molecule has 0 spiro atoms. The van der Waals surface area contributed by atoms with Gasteiger partial charge >= 0.3 is 5.97 Å². The number of amides is 1. The molecule has 5 rings (SSSR count). The molecule has 4 N–H and O–H groups in total. The molecule has 1 saturated heterocycles. The van der Waals surface area contributed by atoms with Crippen LogP contribution >= 0.6 is 23.2 Å². The standard InChI is InChI=1S/C42H47Cl2N5O7/c1-27-31(7-4-8-34(27)35-9-5-10-37(40(35)44)54-16-6-13-49-14-11-33(12-15-49)48-28(2)51)25-56-39-19-38(55-24-30-17-29(20-45)21-46-22-30)32(18-36(39)43)23-47-42(3,26-50)41(52)53/h4-5,7-10,17-19,21-22,33,47,50H,6,11-16,23-26H2,1-3H3,(H,48,51)(H,52,53). The number of carboxylic acids is 1. The van der Waals surface area contributed by atoms with Crippen LogP contribution < -0.4 is 24.8 Å². The Labute approximate surface area is 337 Å². The molecule has 1 aliphatic heterocycles. The van der Waals surface area contributed by atoms with Crippen LogP contribution in [0.15, 0.2) is 67.0 Å². The zero-order chi connectivity index (χ0) is 40.2. The normalized spacial score (nSPS) is 14.4. The summed E-state index contributed by atoms with van der Waals surface area (Å²) in [5, 5.41) is 35.4. The van der Waals surface area contributed by atoms with Crippen LogP contribution in [-0.2, 0) is 29.3 Å². The SMILES string of the molecule is CC(=O)NC1CCN(CCCOc2cccc(-c3cccc(COc4cc(OCc5cncc(C#N)c5)c(CNC(C)(CO)C(=O)O)cc4Cl)c3C)c2Cl)CC1. The topological polar surface area (TPSA) is 166 Å². The van der Waals surface area contributed by atoms with Crippen LogP contribution in [0.25, 0.3) is 11.1 Å². The Balaban J connectivity index is 1.27. The van der Waals surface area contributed by atoms with Crippen LogP contribution in [0.4, 0.5) is 0 Å². The van der Waals surface area contributed by atoms with Gasteiger partial charge in [-0.15, -0.1) is 0 Å². The lowest BCUT2D eigenvalue weighted by atomic mass is 9.96.